The molecule has 1 saturated carbocycles. The molecule has 1 N–H and O–H groups in total. The molecule has 6 nitrogen and oxygen atoms in total. The van der Waals surface area contributed by atoms with Crippen molar-refractivity contribution in [2.45, 2.75) is 58.9 Å². The van der Waals surface area contributed by atoms with E-state index in [1.807, 2.05) is 30.9 Å². The number of likely N-dealkylation sites (tertiary alicyclic amines) is 1. The van der Waals surface area contributed by atoms with E-state index in [0.29, 0.717) is 5.41 Å². The van der Waals surface area contributed by atoms with Crippen LogP contribution in [-0.2, 0) is 6.54 Å². The number of hydrogen-bond donors (Lipinski definition) is 1. The Morgan fingerprint density at radius 2 is 2.00 bits per heavy atom. The van der Waals surface area contributed by atoms with Crippen LogP contribution in [0.5, 0.6) is 0 Å². The first kappa shape index (κ1) is 19.0. The van der Waals surface area contributed by atoms with Crippen molar-refractivity contribution in [1.82, 2.24) is 25.0 Å². The molecule has 0 unspecified atom stereocenters. The average molecular weight is 381 g/mol. The van der Waals surface area contributed by atoms with Gasteiger partial charge in [-0.2, -0.15) is 5.10 Å². The molecule has 0 aromatic carbocycles. The summed E-state index contributed by atoms with van der Waals surface area (Å²) in [5.74, 6) is 1.88. The SMILES string of the molecule is CN=C(NCc1ccc(-n2nc(C)cc2C)nc1)N1CCC2(CCCCC2)C1. The van der Waals surface area contributed by atoms with Gasteiger partial charge < -0.3 is 10.2 Å². The molecule has 28 heavy (non-hydrogen) atoms. The molecule has 2 aliphatic rings. The molecule has 2 fully saturated rings. The number of rotatable bonds is 3. The maximum absolute atomic E-state index is 4.60. The van der Waals surface area contributed by atoms with Crippen LogP contribution in [0.1, 0.15) is 55.5 Å². The maximum Gasteiger partial charge on any atom is 0.193 e. The van der Waals surface area contributed by atoms with E-state index in [1.165, 1.54) is 38.5 Å². The van der Waals surface area contributed by atoms with Crippen molar-refractivity contribution in [3.63, 3.8) is 0 Å². The minimum absolute atomic E-state index is 0.541. The van der Waals surface area contributed by atoms with E-state index < -0.39 is 0 Å². The van der Waals surface area contributed by atoms with Gasteiger partial charge in [-0.05, 0) is 56.2 Å². The first-order valence-corrected chi connectivity index (χ1v) is 10.5. The van der Waals surface area contributed by atoms with Crippen LogP contribution in [0, 0.1) is 19.3 Å². The van der Waals surface area contributed by atoms with Gasteiger partial charge in [-0.15, -0.1) is 0 Å². The normalized spacial score (nSPS) is 19.4. The van der Waals surface area contributed by atoms with Gasteiger partial charge in [0.15, 0.2) is 11.8 Å². The van der Waals surface area contributed by atoms with Crippen molar-refractivity contribution >= 4 is 5.96 Å². The fraction of sp³-hybridized carbons (Fsp3) is 0.591. The molecule has 0 amide bonds. The number of aliphatic imine (C=N–C) groups is 1. The molecule has 3 heterocycles. The third-order valence-corrected chi connectivity index (χ3v) is 6.35. The van der Waals surface area contributed by atoms with Gasteiger partial charge in [0.25, 0.3) is 0 Å². The average Bonchev–Trinajstić information content (AvgIpc) is 3.26. The van der Waals surface area contributed by atoms with E-state index in [1.54, 1.807) is 0 Å². The van der Waals surface area contributed by atoms with Crippen LogP contribution in [0.15, 0.2) is 29.4 Å². The Hall–Kier alpha value is -2.37. The lowest BCUT2D eigenvalue weighted by atomic mass is 9.73. The zero-order chi connectivity index (χ0) is 19.6. The van der Waals surface area contributed by atoms with Gasteiger partial charge >= 0.3 is 0 Å². The molecule has 1 saturated heterocycles. The number of aromatic nitrogens is 3. The van der Waals surface area contributed by atoms with Crippen LogP contribution in [-0.4, -0.2) is 45.8 Å². The summed E-state index contributed by atoms with van der Waals surface area (Å²) < 4.78 is 1.89. The van der Waals surface area contributed by atoms with Crippen LogP contribution in [0.3, 0.4) is 0 Å². The summed E-state index contributed by atoms with van der Waals surface area (Å²) in [4.78, 5) is 11.6. The lowest BCUT2D eigenvalue weighted by Gasteiger charge is -2.33. The molecule has 1 aliphatic heterocycles. The Bertz CT molecular complexity index is 829. The minimum Gasteiger partial charge on any atom is -0.352 e. The van der Waals surface area contributed by atoms with Gasteiger partial charge in [0.2, 0.25) is 0 Å². The Labute approximate surface area is 168 Å². The quantitative estimate of drug-likeness (QED) is 0.653. The van der Waals surface area contributed by atoms with Crippen LogP contribution in [0.2, 0.25) is 0 Å². The van der Waals surface area contributed by atoms with Gasteiger partial charge in [0.1, 0.15) is 0 Å². The van der Waals surface area contributed by atoms with E-state index >= 15 is 0 Å². The zero-order valence-corrected chi connectivity index (χ0v) is 17.4. The Morgan fingerprint density at radius 1 is 1.18 bits per heavy atom. The standard InChI is InChI=1S/C22H32N6/c1-17-13-18(2)28(26-17)20-8-7-19(14-24-20)15-25-21(23-3)27-12-11-22(16-27)9-5-4-6-10-22/h7-8,13-14H,4-6,9-12,15-16H2,1-3H3,(H,23,25). The van der Waals surface area contributed by atoms with Gasteiger partial charge in [-0.25, -0.2) is 9.67 Å². The second kappa shape index (κ2) is 7.94. The summed E-state index contributed by atoms with van der Waals surface area (Å²) in [6.07, 6.45) is 10.2. The van der Waals surface area contributed by atoms with Crippen molar-refractivity contribution in [3.8, 4) is 5.82 Å². The number of pyridine rings is 1. The fourth-order valence-electron chi connectivity index (χ4n) is 4.85. The second-order valence-electron chi connectivity index (χ2n) is 8.50. The minimum atomic E-state index is 0.541. The number of aryl methyl sites for hydroxylation is 2. The molecule has 4 rings (SSSR count). The highest BCUT2D eigenvalue weighted by Gasteiger charge is 2.39. The fourth-order valence-corrected chi connectivity index (χ4v) is 4.85. The largest absolute Gasteiger partial charge is 0.352 e. The number of hydrogen-bond acceptors (Lipinski definition) is 3. The predicted molar refractivity (Wildman–Crippen MR) is 113 cm³/mol. The molecule has 1 aliphatic carbocycles. The van der Waals surface area contributed by atoms with Crippen LogP contribution >= 0.6 is 0 Å². The molecule has 2 aromatic heterocycles. The zero-order valence-electron chi connectivity index (χ0n) is 17.4. The topological polar surface area (TPSA) is 58.3 Å². The van der Waals surface area contributed by atoms with Crippen LogP contribution < -0.4 is 5.32 Å². The van der Waals surface area contributed by atoms with Crippen LogP contribution in [0.25, 0.3) is 5.82 Å². The molecular formula is C22H32N6. The van der Waals surface area contributed by atoms with Crippen molar-refractivity contribution in [3.05, 3.63) is 41.3 Å². The smallest absolute Gasteiger partial charge is 0.193 e. The lowest BCUT2D eigenvalue weighted by molar-refractivity contribution is 0.203. The summed E-state index contributed by atoms with van der Waals surface area (Å²) in [5, 5.41) is 8.04. The highest BCUT2D eigenvalue weighted by molar-refractivity contribution is 5.80. The first-order chi connectivity index (χ1) is 13.6. The van der Waals surface area contributed by atoms with E-state index in [9.17, 15) is 0 Å². The molecule has 6 heteroatoms. The van der Waals surface area contributed by atoms with Gasteiger partial charge in [-0.3, -0.25) is 4.99 Å². The molecule has 1 spiro atoms. The predicted octanol–water partition coefficient (Wildman–Crippen LogP) is 3.62. The monoisotopic (exact) mass is 380 g/mol. The van der Waals surface area contributed by atoms with Crippen LogP contribution in [0.4, 0.5) is 0 Å². The Kier molecular flexibility index (Phi) is 5.38. The van der Waals surface area contributed by atoms with E-state index in [4.69, 9.17) is 0 Å². The van der Waals surface area contributed by atoms with Crippen molar-refractivity contribution < 1.29 is 0 Å². The van der Waals surface area contributed by atoms with Crippen molar-refractivity contribution in [2.24, 2.45) is 10.4 Å². The Balaban J connectivity index is 1.36. The van der Waals surface area contributed by atoms with E-state index in [-0.39, 0.29) is 0 Å². The van der Waals surface area contributed by atoms with E-state index in [2.05, 4.69) is 44.3 Å². The Morgan fingerprint density at radius 3 is 2.64 bits per heavy atom. The van der Waals surface area contributed by atoms with Gasteiger partial charge in [-0.1, -0.05) is 25.3 Å². The lowest BCUT2D eigenvalue weighted by Crippen LogP contribution is -2.41. The number of nitrogens with one attached hydrogen (secondary N) is 1. The summed E-state index contributed by atoms with van der Waals surface area (Å²) >= 11 is 0. The molecule has 2 aromatic rings. The maximum atomic E-state index is 4.60. The summed E-state index contributed by atoms with van der Waals surface area (Å²) in [5.41, 5.74) is 3.80. The molecular weight excluding hydrogens is 348 g/mol. The van der Waals surface area contributed by atoms with Crippen molar-refractivity contribution in [1.29, 1.82) is 0 Å². The van der Waals surface area contributed by atoms with Gasteiger partial charge in [0, 0.05) is 38.6 Å². The molecule has 150 valence electrons. The first-order valence-electron chi connectivity index (χ1n) is 10.5. The highest BCUT2D eigenvalue weighted by Crippen LogP contribution is 2.43. The third-order valence-electron chi connectivity index (χ3n) is 6.35. The van der Waals surface area contributed by atoms with E-state index in [0.717, 1.165) is 48.4 Å². The summed E-state index contributed by atoms with van der Waals surface area (Å²) in [6, 6.07) is 6.22. The summed E-state index contributed by atoms with van der Waals surface area (Å²) in [6.45, 7) is 7.07. The number of nitrogens with zero attached hydrogens (tertiary/aromatic N) is 5. The molecule has 0 atom stereocenters. The number of guanidine groups is 1. The third kappa shape index (κ3) is 3.91. The second-order valence-corrected chi connectivity index (χ2v) is 8.50. The molecule has 0 bridgehead atoms. The highest BCUT2D eigenvalue weighted by atomic mass is 15.3. The molecule has 0 radical (unpaired) electrons. The van der Waals surface area contributed by atoms with Crippen molar-refractivity contribution in [2.75, 3.05) is 20.1 Å². The van der Waals surface area contributed by atoms with Gasteiger partial charge in [0.05, 0.1) is 5.69 Å². The summed E-state index contributed by atoms with van der Waals surface area (Å²) in [7, 11) is 1.89.